The SMILES string of the molecule is C[C@@H](Sc1ccc(F)c(F)c1)C(=O)Nc1ccc(F)cc1F. The quantitative estimate of drug-likeness (QED) is 0.667. The Balaban J connectivity index is 2.04. The lowest BCUT2D eigenvalue weighted by Crippen LogP contribution is -2.23. The number of nitrogens with one attached hydrogen (secondary N) is 1. The molecule has 0 aliphatic carbocycles. The molecular formula is C15H11F4NOS. The molecule has 7 heteroatoms. The number of halogens is 4. The molecule has 2 nitrogen and oxygen atoms in total. The molecule has 1 N–H and O–H groups in total. The molecule has 0 heterocycles. The minimum atomic E-state index is -1.01. The summed E-state index contributed by atoms with van der Waals surface area (Å²) in [5, 5.41) is 1.63. The number of carbonyl (C=O) groups excluding carboxylic acids is 1. The average molecular weight is 329 g/mol. The van der Waals surface area contributed by atoms with E-state index in [0.29, 0.717) is 11.0 Å². The summed E-state index contributed by atoms with van der Waals surface area (Å²) in [6, 6.07) is 6.06. The van der Waals surface area contributed by atoms with Crippen molar-refractivity contribution in [3.8, 4) is 0 Å². The highest BCUT2D eigenvalue weighted by Gasteiger charge is 2.17. The lowest BCUT2D eigenvalue weighted by Gasteiger charge is -2.12. The molecule has 2 rings (SSSR count). The molecule has 116 valence electrons. The number of benzene rings is 2. The Morgan fingerprint density at radius 3 is 2.36 bits per heavy atom. The van der Waals surface area contributed by atoms with Gasteiger partial charge in [0.15, 0.2) is 11.6 Å². The van der Waals surface area contributed by atoms with Crippen LogP contribution in [0.1, 0.15) is 6.92 Å². The summed E-state index contributed by atoms with van der Waals surface area (Å²) in [4.78, 5) is 12.3. The molecule has 0 unspecified atom stereocenters. The average Bonchev–Trinajstić information content (AvgIpc) is 2.45. The number of carbonyl (C=O) groups is 1. The van der Waals surface area contributed by atoms with Crippen molar-refractivity contribution in [1.82, 2.24) is 0 Å². The van der Waals surface area contributed by atoms with Crippen LogP contribution in [0.2, 0.25) is 0 Å². The van der Waals surface area contributed by atoms with Crippen molar-refractivity contribution in [3.63, 3.8) is 0 Å². The smallest absolute Gasteiger partial charge is 0.237 e. The topological polar surface area (TPSA) is 29.1 Å². The van der Waals surface area contributed by atoms with Crippen molar-refractivity contribution in [2.24, 2.45) is 0 Å². The van der Waals surface area contributed by atoms with Crippen LogP contribution in [0.5, 0.6) is 0 Å². The molecule has 0 spiro atoms. The first-order valence-electron chi connectivity index (χ1n) is 6.24. The first-order valence-corrected chi connectivity index (χ1v) is 7.12. The summed E-state index contributed by atoms with van der Waals surface area (Å²) < 4.78 is 52.1. The molecule has 0 radical (unpaired) electrons. The Bertz CT molecular complexity index is 708. The van der Waals surface area contributed by atoms with Gasteiger partial charge in [0, 0.05) is 11.0 Å². The van der Waals surface area contributed by atoms with E-state index in [2.05, 4.69) is 5.32 Å². The van der Waals surface area contributed by atoms with Crippen LogP contribution in [0.25, 0.3) is 0 Å². The van der Waals surface area contributed by atoms with Crippen LogP contribution in [0.4, 0.5) is 23.2 Å². The Morgan fingerprint density at radius 1 is 1.00 bits per heavy atom. The minimum Gasteiger partial charge on any atom is -0.323 e. The van der Waals surface area contributed by atoms with E-state index < -0.39 is 34.4 Å². The largest absolute Gasteiger partial charge is 0.323 e. The van der Waals surface area contributed by atoms with Gasteiger partial charge in [-0.15, -0.1) is 11.8 Å². The Hall–Kier alpha value is -2.02. The number of anilines is 1. The maximum Gasteiger partial charge on any atom is 0.237 e. The van der Waals surface area contributed by atoms with E-state index in [9.17, 15) is 22.4 Å². The van der Waals surface area contributed by atoms with Gasteiger partial charge in [0.05, 0.1) is 10.9 Å². The fraction of sp³-hybridized carbons (Fsp3) is 0.133. The van der Waals surface area contributed by atoms with Gasteiger partial charge in [-0.2, -0.15) is 0 Å². The molecule has 22 heavy (non-hydrogen) atoms. The van der Waals surface area contributed by atoms with Gasteiger partial charge in [-0.3, -0.25) is 4.79 Å². The summed E-state index contributed by atoms with van der Waals surface area (Å²) in [7, 11) is 0. The molecule has 1 atom stereocenters. The summed E-state index contributed by atoms with van der Waals surface area (Å²) >= 11 is 0.988. The molecule has 0 saturated heterocycles. The van der Waals surface area contributed by atoms with Crippen LogP contribution in [0.15, 0.2) is 41.3 Å². The zero-order valence-corrected chi connectivity index (χ0v) is 12.2. The van der Waals surface area contributed by atoms with Crippen molar-refractivity contribution in [3.05, 3.63) is 59.7 Å². The number of rotatable bonds is 4. The van der Waals surface area contributed by atoms with Gasteiger partial charge in [-0.25, -0.2) is 17.6 Å². The monoisotopic (exact) mass is 329 g/mol. The Kier molecular flexibility index (Phi) is 5.07. The number of hydrogen-bond donors (Lipinski definition) is 1. The minimum absolute atomic E-state index is 0.149. The van der Waals surface area contributed by atoms with Crippen LogP contribution in [-0.4, -0.2) is 11.2 Å². The third kappa shape index (κ3) is 4.00. The fourth-order valence-electron chi connectivity index (χ4n) is 1.63. The summed E-state index contributed by atoms with van der Waals surface area (Å²) in [6.45, 7) is 1.53. The second-order valence-electron chi connectivity index (χ2n) is 4.45. The van der Waals surface area contributed by atoms with Crippen molar-refractivity contribution < 1.29 is 22.4 Å². The molecule has 0 aromatic heterocycles. The van der Waals surface area contributed by atoms with Gasteiger partial charge in [-0.1, -0.05) is 0 Å². The second-order valence-corrected chi connectivity index (χ2v) is 5.86. The maximum atomic E-state index is 13.4. The van der Waals surface area contributed by atoms with Gasteiger partial charge in [0.2, 0.25) is 5.91 Å². The van der Waals surface area contributed by atoms with Crippen molar-refractivity contribution in [2.75, 3.05) is 5.32 Å². The number of thioether (sulfide) groups is 1. The standard InChI is InChI=1S/C15H11F4NOS/c1-8(22-10-3-4-11(17)12(18)7-10)15(21)20-14-5-2-9(16)6-13(14)19/h2-8H,1H3,(H,20,21)/t8-/m1/s1. The van der Waals surface area contributed by atoms with Crippen LogP contribution < -0.4 is 5.32 Å². The van der Waals surface area contributed by atoms with E-state index in [1.807, 2.05) is 0 Å². The van der Waals surface area contributed by atoms with E-state index in [1.54, 1.807) is 0 Å². The molecule has 2 aromatic rings. The highest BCUT2D eigenvalue weighted by Crippen LogP contribution is 2.26. The first-order chi connectivity index (χ1) is 10.4. The zero-order valence-electron chi connectivity index (χ0n) is 11.4. The third-order valence-corrected chi connectivity index (χ3v) is 3.86. The van der Waals surface area contributed by atoms with Crippen LogP contribution in [-0.2, 0) is 4.79 Å². The molecule has 1 amide bonds. The summed E-state index contributed by atoms with van der Waals surface area (Å²) in [5.41, 5.74) is -0.149. The van der Waals surface area contributed by atoms with Gasteiger partial charge in [0.1, 0.15) is 11.6 Å². The van der Waals surface area contributed by atoms with Crippen molar-refractivity contribution >= 4 is 23.4 Å². The lowest BCUT2D eigenvalue weighted by atomic mass is 10.3. The van der Waals surface area contributed by atoms with Crippen LogP contribution in [0, 0.1) is 23.3 Å². The Morgan fingerprint density at radius 2 is 1.73 bits per heavy atom. The first kappa shape index (κ1) is 16.4. The van der Waals surface area contributed by atoms with Gasteiger partial charge in [0.25, 0.3) is 0 Å². The third-order valence-electron chi connectivity index (χ3n) is 2.76. The van der Waals surface area contributed by atoms with Gasteiger partial charge in [-0.05, 0) is 37.3 Å². The molecule has 0 aliphatic rings. The number of hydrogen-bond acceptors (Lipinski definition) is 2. The summed E-state index contributed by atoms with van der Waals surface area (Å²) in [5.74, 6) is -4.17. The molecule has 0 bridgehead atoms. The van der Waals surface area contributed by atoms with Crippen molar-refractivity contribution in [1.29, 1.82) is 0 Å². The normalized spacial score (nSPS) is 12.0. The lowest BCUT2D eigenvalue weighted by molar-refractivity contribution is -0.115. The van der Waals surface area contributed by atoms with Gasteiger partial charge < -0.3 is 5.32 Å². The molecule has 0 aliphatic heterocycles. The maximum absolute atomic E-state index is 13.4. The predicted octanol–water partition coefficient (Wildman–Crippen LogP) is 4.36. The van der Waals surface area contributed by atoms with Crippen LogP contribution in [0.3, 0.4) is 0 Å². The Labute approximate surface area is 128 Å². The molecule has 2 aromatic carbocycles. The van der Waals surface area contributed by atoms with E-state index >= 15 is 0 Å². The van der Waals surface area contributed by atoms with Crippen molar-refractivity contribution in [2.45, 2.75) is 17.1 Å². The van der Waals surface area contributed by atoms with E-state index in [0.717, 1.165) is 36.0 Å². The van der Waals surface area contributed by atoms with E-state index in [4.69, 9.17) is 0 Å². The van der Waals surface area contributed by atoms with E-state index in [-0.39, 0.29) is 5.69 Å². The zero-order chi connectivity index (χ0) is 16.3. The number of amides is 1. The van der Waals surface area contributed by atoms with Crippen LogP contribution >= 0.6 is 11.8 Å². The van der Waals surface area contributed by atoms with Gasteiger partial charge >= 0.3 is 0 Å². The second kappa shape index (κ2) is 6.83. The molecular weight excluding hydrogens is 318 g/mol. The highest BCUT2D eigenvalue weighted by molar-refractivity contribution is 8.00. The fourth-order valence-corrected chi connectivity index (χ4v) is 2.53. The summed E-state index contributed by atoms with van der Waals surface area (Å²) in [6.07, 6.45) is 0. The molecule has 0 fully saturated rings. The highest BCUT2D eigenvalue weighted by atomic mass is 32.2. The van der Waals surface area contributed by atoms with E-state index in [1.165, 1.54) is 13.0 Å². The predicted molar refractivity (Wildman–Crippen MR) is 76.7 cm³/mol. The molecule has 0 saturated carbocycles.